The standard InChI is InChI=1S/C26H24FN5O/c27-21-5-3-17(4-6-21)25(33)13-23-12-20-11-18(1-2-19(20)14-30-23)24-15-29-16-26(32-24)31-22-7-9-28-10-8-22/h1-6,11-12,14-16,22,28H,7-10,13H2,(H,31,32). The van der Waals surface area contributed by atoms with Crippen molar-refractivity contribution in [3.63, 3.8) is 0 Å². The van der Waals surface area contributed by atoms with Crippen LogP contribution in [-0.2, 0) is 6.42 Å². The smallest absolute Gasteiger partial charge is 0.168 e. The molecule has 3 heterocycles. The summed E-state index contributed by atoms with van der Waals surface area (Å²) in [6, 6.07) is 14.0. The van der Waals surface area contributed by atoms with Crippen molar-refractivity contribution in [2.45, 2.75) is 25.3 Å². The Morgan fingerprint density at radius 2 is 1.82 bits per heavy atom. The molecule has 0 spiro atoms. The zero-order chi connectivity index (χ0) is 22.6. The van der Waals surface area contributed by atoms with E-state index in [-0.39, 0.29) is 18.0 Å². The second-order valence-electron chi connectivity index (χ2n) is 8.30. The van der Waals surface area contributed by atoms with Crippen LogP contribution in [-0.4, -0.2) is 39.9 Å². The Morgan fingerprint density at radius 1 is 1.00 bits per heavy atom. The van der Waals surface area contributed by atoms with Gasteiger partial charge in [-0.25, -0.2) is 9.37 Å². The summed E-state index contributed by atoms with van der Waals surface area (Å²) in [6.07, 6.45) is 7.57. The maximum Gasteiger partial charge on any atom is 0.168 e. The molecule has 0 amide bonds. The average Bonchev–Trinajstić information content (AvgIpc) is 2.85. The van der Waals surface area contributed by atoms with Gasteiger partial charge in [0.1, 0.15) is 11.6 Å². The number of benzene rings is 2. The van der Waals surface area contributed by atoms with Gasteiger partial charge in [-0.15, -0.1) is 0 Å². The summed E-state index contributed by atoms with van der Waals surface area (Å²) in [5.74, 6) is 0.321. The summed E-state index contributed by atoms with van der Waals surface area (Å²) in [7, 11) is 0. The van der Waals surface area contributed by atoms with Crippen LogP contribution in [0.15, 0.2) is 67.1 Å². The fraction of sp³-hybridized carbons (Fsp3) is 0.231. The van der Waals surface area contributed by atoms with Gasteiger partial charge >= 0.3 is 0 Å². The number of pyridine rings is 1. The zero-order valence-corrected chi connectivity index (χ0v) is 18.1. The molecule has 1 aliphatic heterocycles. The number of ketones is 1. The van der Waals surface area contributed by atoms with Gasteiger partial charge in [0.15, 0.2) is 5.78 Å². The molecule has 1 fully saturated rings. The van der Waals surface area contributed by atoms with Crippen LogP contribution in [0.3, 0.4) is 0 Å². The number of piperidine rings is 1. The molecule has 7 heteroatoms. The molecule has 6 nitrogen and oxygen atoms in total. The molecule has 2 N–H and O–H groups in total. The molecule has 0 unspecified atom stereocenters. The summed E-state index contributed by atoms with van der Waals surface area (Å²) in [5, 5.41) is 8.81. The lowest BCUT2D eigenvalue weighted by Gasteiger charge is -2.24. The van der Waals surface area contributed by atoms with Gasteiger partial charge in [-0.3, -0.25) is 14.8 Å². The van der Waals surface area contributed by atoms with E-state index in [4.69, 9.17) is 4.98 Å². The first-order chi connectivity index (χ1) is 16.1. The van der Waals surface area contributed by atoms with Gasteiger partial charge in [0.2, 0.25) is 0 Å². The molecule has 2 aromatic heterocycles. The summed E-state index contributed by atoms with van der Waals surface area (Å²) in [5.41, 5.74) is 2.88. The quantitative estimate of drug-likeness (QED) is 0.431. The van der Waals surface area contributed by atoms with Crippen LogP contribution < -0.4 is 10.6 Å². The maximum absolute atomic E-state index is 13.1. The summed E-state index contributed by atoms with van der Waals surface area (Å²) >= 11 is 0. The van der Waals surface area contributed by atoms with E-state index in [0.29, 0.717) is 17.3 Å². The van der Waals surface area contributed by atoms with E-state index < -0.39 is 0 Å². The van der Waals surface area contributed by atoms with Crippen LogP contribution in [0.2, 0.25) is 0 Å². The first-order valence-electron chi connectivity index (χ1n) is 11.1. The molecule has 33 heavy (non-hydrogen) atoms. The van der Waals surface area contributed by atoms with E-state index in [9.17, 15) is 9.18 Å². The van der Waals surface area contributed by atoms with Crippen molar-refractivity contribution in [3.05, 3.63) is 84.2 Å². The van der Waals surface area contributed by atoms with Gasteiger partial charge in [0.25, 0.3) is 0 Å². The Balaban J connectivity index is 1.37. The Kier molecular flexibility index (Phi) is 6.04. The highest BCUT2D eigenvalue weighted by Crippen LogP contribution is 2.24. The average molecular weight is 442 g/mol. The summed E-state index contributed by atoms with van der Waals surface area (Å²) in [6.45, 7) is 2.02. The van der Waals surface area contributed by atoms with Crippen molar-refractivity contribution in [1.29, 1.82) is 0 Å². The molecule has 4 aromatic rings. The molecular weight excluding hydrogens is 417 g/mol. The minimum absolute atomic E-state index is 0.0967. The molecule has 2 aromatic carbocycles. The van der Waals surface area contributed by atoms with Crippen LogP contribution in [0.1, 0.15) is 28.9 Å². The van der Waals surface area contributed by atoms with Gasteiger partial charge < -0.3 is 10.6 Å². The highest BCUT2D eigenvalue weighted by molar-refractivity contribution is 5.97. The molecular formula is C26H24FN5O. The number of carbonyl (C=O) groups is 1. The molecule has 0 atom stereocenters. The first-order valence-corrected chi connectivity index (χ1v) is 11.1. The predicted octanol–water partition coefficient (Wildman–Crippen LogP) is 4.42. The third-order valence-electron chi connectivity index (χ3n) is 5.91. The molecule has 5 rings (SSSR count). The topological polar surface area (TPSA) is 79.8 Å². The van der Waals surface area contributed by atoms with Crippen LogP contribution in [0.5, 0.6) is 0 Å². The fourth-order valence-corrected chi connectivity index (χ4v) is 4.09. The lowest BCUT2D eigenvalue weighted by molar-refractivity contribution is 0.0992. The second kappa shape index (κ2) is 9.42. The molecule has 1 saturated heterocycles. The van der Waals surface area contributed by atoms with E-state index in [1.54, 1.807) is 18.6 Å². The van der Waals surface area contributed by atoms with Gasteiger partial charge in [-0.2, -0.15) is 0 Å². The van der Waals surface area contributed by atoms with Crippen LogP contribution in [0.4, 0.5) is 10.2 Å². The Morgan fingerprint density at radius 3 is 2.64 bits per heavy atom. The third kappa shape index (κ3) is 5.04. The number of aromatic nitrogens is 3. The van der Waals surface area contributed by atoms with Crippen molar-refractivity contribution in [2.75, 3.05) is 18.4 Å². The van der Waals surface area contributed by atoms with Gasteiger partial charge in [-0.1, -0.05) is 12.1 Å². The van der Waals surface area contributed by atoms with Gasteiger partial charge in [0.05, 0.1) is 24.5 Å². The monoisotopic (exact) mass is 441 g/mol. The van der Waals surface area contributed by atoms with E-state index in [2.05, 4.69) is 20.6 Å². The minimum atomic E-state index is -0.360. The van der Waals surface area contributed by atoms with E-state index in [1.165, 1.54) is 24.3 Å². The molecule has 166 valence electrons. The normalized spacial score (nSPS) is 14.3. The first kappa shape index (κ1) is 21.2. The van der Waals surface area contributed by atoms with Crippen molar-refractivity contribution in [2.24, 2.45) is 0 Å². The maximum atomic E-state index is 13.1. The van der Waals surface area contributed by atoms with Crippen molar-refractivity contribution < 1.29 is 9.18 Å². The highest BCUT2D eigenvalue weighted by Gasteiger charge is 2.14. The van der Waals surface area contributed by atoms with E-state index >= 15 is 0 Å². The summed E-state index contributed by atoms with van der Waals surface area (Å²) in [4.78, 5) is 26.1. The van der Waals surface area contributed by atoms with E-state index in [0.717, 1.165) is 53.8 Å². The number of hydrogen-bond donors (Lipinski definition) is 2. The molecule has 0 radical (unpaired) electrons. The van der Waals surface area contributed by atoms with Crippen molar-refractivity contribution in [1.82, 2.24) is 20.3 Å². The second-order valence-corrected chi connectivity index (χ2v) is 8.30. The Bertz CT molecular complexity index is 1290. The summed E-state index contributed by atoms with van der Waals surface area (Å²) < 4.78 is 13.1. The van der Waals surface area contributed by atoms with Crippen molar-refractivity contribution >= 4 is 22.4 Å². The number of anilines is 1. The van der Waals surface area contributed by atoms with E-state index in [1.807, 2.05) is 24.3 Å². The largest absolute Gasteiger partial charge is 0.366 e. The highest BCUT2D eigenvalue weighted by atomic mass is 19.1. The number of nitrogens with zero attached hydrogens (tertiary/aromatic N) is 3. The predicted molar refractivity (Wildman–Crippen MR) is 127 cm³/mol. The van der Waals surface area contributed by atoms with Gasteiger partial charge in [0, 0.05) is 34.4 Å². The number of fused-ring (bicyclic) bond motifs is 1. The number of nitrogens with one attached hydrogen (secondary N) is 2. The Labute approximate surface area is 191 Å². The number of Topliss-reactive ketones (excluding diaryl/α,β-unsaturated/α-hetero) is 1. The lowest BCUT2D eigenvalue weighted by atomic mass is 10.0. The number of rotatable bonds is 6. The number of halogens is 1. The minimum Gasteiger partial charge on any atom is -0.366 e. The zero-order valence-electron chi connectivity index (χ0n) is 18.1. The number of carbonyl (C=O) groups excluding carboxylic acids is 1. The lowest BCUT2D eigenvalue weighted by Crippen LogP contribution is -2.35. The molecule has 0 saturated carbocycles. The van der Waals surface area contributed by atoms with Crippen molar-refractivity contribution in [3.8, 4) is 11.3 Å². The van der Waals surface area contributed by atoms with Crippen LogP contribution in [0, 0.1) is 5.82 Å². The molecule has 1 aliphatic rings. The molecule has 0 bridgehead atoms. The van der Waals surface area contributed by atoms with Crippen LogP contribution >= 0.6 is 0 Å². The molecule has 0 aliphatic carbocycles. The number of hydrogen-bond acceptors (Lipinski definition) is 6. The van der Waals surface area contributed by atoms with Crippen LogP contribution in [0.25, 0.3) is 22.0 Å². The SMILES string of the molecule is O=C(Cc1cc2cc(-c3cncc(NC4CCNCC4)n3)ccc2cn1)c1ccc(F)cc1. The Hall–Kier alpha value is -3.71. The van der Waals surface area contributed by atoms with Gasteiger partial charge in [-0.05, 0) is 67.7 Å². The third-order valence-corrected chi connectivity index (χ3v) is 5.91. The fourth-order valence-electron chi connectivity index (χ4n) is 4.09.